The van der Waals surface area contributed by atoms with E-state index in [-0.39, 0.29) is 0 Å². The van der Waals surface area contributed by atoms with Gasteiger partial charge in [0.25, 0.3) is 0 Å². The lowest BCUT2D eigenvalue weighted by molar-refractivity contribution is 1.26. The molecule has 136 valence electrons. The second-order valence-electron chi connectivity index (χ2n) is 7.80. The van der Waals surface area contributed by atoms with E-state index >= 15 is 0 Å². The lowest BCUT2D eigenvalue weighted by Crippen LogP contribution is -1.99. The van der Waals surface area contributed by atoms with Gasteiger partial charge in [0.05, 0.1) is 0 Å². The van der Waals surface area contributed by atoms with E-state index in [9.17, 15) is 0 Å². The van der Waals surface area contributed by atoms with Gasteiger partial charge in [-0.3, -0.25) is 0 Å². The maximum atomic E-state index is 6.83. The maximum Gasteiger partial charge on any atom is 0.0476 e. The molecule has 0 saturated heterocycles. The zero-order valence-electron chi connectivity index (χ0n) is 16.3. The molecule has 0 saturated carbocycles. The largest absolute Gasteiger partial charge is 0.398 e. The number of hydrogen-bond donors (Lipinski definition) is 1. The molecule has 2 N–H and O–H groups in total. The highest BCUT2D eigenvalue weighted by Gasteiger charge is 2.25. The molecule has 0 unspecified atom stereocenters. The van der Waals surface area contributed by atoms with Gasteiger partial charge in [-0.1, -0.05) is 83.9 Å². The Morgan fingerprint density at radius 3 is 1.93 bits per heavy atom. The molecule has 0 aromatic heterocycles. The normalized spacial score (nSPS) is 11.9. The van der Waals surface area contributed by atoms with Crippen LogP contribution in [0, 0.1) is 13.8 Å². The van der Waals surface area contributed by atoms with Gasteiger partial charge in [-0.15, -0.1) is 0 Å². The number of anilines is 1. The van der Waals surface area contributed by atoms with Crippen LogP contribution in [0.1, 0.15) is 22.3 Å². The molecular weight excluding hydrogens is 338 g/mol. The van der Waals surface area contributed by atoms with Crippen LogP contribution in [0.15, 0.2) is 78.9 Å². The van der Waals surface area contributed by atoms with Crippen LogP contribution in [0.25, 0.3) is 33.4 Å². The van der Waals surface area contributed by atoms with Crippen molar-refractivity contribution in [1.82, 2.24) is 0 Å². The van der Waals surface area contributed by atoms with Crippen LogP contribution >= 0.6 is 0 Å². The Kier molecular flexibility index (Phi) is 3.84. The maximum absolute atomic E-state index is 6.83. The summed E-state index contributed by atoms with van der Waals surface area (Å²) < 4.78 is 0. The molecule has 5 rings (SSSR count). The third-order valence-corrected chi connectivity index (χ3v) is 5.85. The minimum atomic E-state index is 0.874. The Morgan fingerprint density at radius 2 is 1.25 bits per heavy atom. The number of rotatable bonds is 2. The van der Waals surface area contributed by atoms with E-state index in [0.29, 0.717) is 0 Å². The molecule has 4 aromatic rings. The summed E-state index contributed by atoms with van der Waals surface area (Å²) in [6.45, 7) is 4.24. The number of aryl methyl sites for hydroxylation is 2. The van der Waals surface area contributed by atoms with Crippen LogP contribution in [-0.2, 0) is 6.42 Å². The van der Waals surface area contributed by atoms with Crippen molar-refractivity contribution in [1.29, 1.82) is 0 Å². The van der Waals surface area contributed by atoms with Crippen LogP contribution in [0.5, 0.6) is 0 Å². The predicted molar refractivity (Wildman–Crippen MR) is 119 cm³/mol. The highest BCUT2D eigenvalue weighted by Crippen LogP contribution is 2.48. The first-order valence-corrected chi connectivity index (χ1v) is 9.79. The van der Waals surface area contributed by atoms with Crippen LogP contribution < -0.4 is 5.73 Å². The number of benzene rings is 4. The van der Waals surface area contributed by atoms with Gasteiger partial charge < -0.3 is 5.73 Å². The fourth-order valence-electron chi connectivity index (χ4n) is 4.31. The molecule has 1 aliphatic carbocycles. The van der Waals surface area contributed by atoms with Crippen molar-refractivity contribution >= 4 is 5.69 Å². The summed E-state index contributed by atoms with van der Waals surface area (Å²) in [5.74, 6) is 0. The van der Waals surface area contributed by atoms with Gasteiger partial charge in [0.1, 0.15) is 0 Å². The van der Waals surface area contributed by atoms with Crippen molar-refractivity contribution in [2.75, 3.05) is 5.73 Å². The third kappa shape index (κ3) is 2.63. The Balaban J connectivity index is 1.82. The molecule has 1 heteroatoms. The molecule has 0 heterocycles. The summed E-state index contributed by atoms with van der Waals surface area (Å²) in [5.41, 5.74) is 20.3. The van der Waals surface area contributed by atoms with Gasteiger partial charge >= 0.3 is 0 Å². The second kappa shape index (κ2) is 6.38. The van der Waals surface area contributed by atoms with Crippen molar-refractivity contribution in [3.8, 4) is 33.4 Å². The second-order valence-corrected chi connectivity index (χ2v) is 7.80. The Morgan fingerprint density at radius 1 is 0.643 bits per heavy atom. The first-order chi connectivity index (χ1) is 13.6. The van der Waals surface area contributed by atoms with Crippen LogP contribution in [0.3, 0.4) is 0 Å². The zero-order valence-corrected chi connectivity index (χ0v) is 16.3. The standard InChI is InChI=1S/C27H23N/c1-17-7-11-19(12-8-17)23-16-24-22-6-4-3-5-21(22)15-25(24)26(27(23)28)20-13-9-18(2)10-14-20/h3-14,16H,15,28H2,1-2H3. The van der Waals surface area contributed by atoms with E-state index in [4.69, 9.17) is 5.73 Å². The van der Waals surface area contributed by atoms with Crippen LogP contribution in [-0.4, -0.2) is 0 Å². The number of hydrogen-bond acceptors (Lipinski definition) is 1. The van der Waals surface area contributed by atoms with Crippen LogP contribution in [0.2, 0.25) is 0 Å². The van der Waals surface area contributed by atoms with E-state index in [2.05, 4.69) is 92.7 Å². The molecular formula is C27H23N. The Bertz CT molecular complexity index is 1180. The lowest BCUT2D eigenvalue weighted by atomic mass is 9.88. The summed E-state index contributed by atoms with van der Waals surface area (Å²) in [4.78, 5) is 0. The Hall–Kier alpha value is -3.32. The quantitative estimate of drug-likeness (QED) is 0.344. The Labute approximate surface area is 166 Å². The van der Waals surface area contributed by atoms with E-state index in [0.717, 1.165) is 17.7 Å². The first-order valence-electron chi connectivity index (χ1n) is 9.79. The minimum Gasteiger partial charge on any atom is -0.398 e. The molecule has 4 aromatic carbocycles. The smallest absolute Gasteiger partial charge is 0.0476 e. The van der Waals surface area contributed by atoms with Crippen molar-refractivity contribution in [2.45, 2.75) is 20.3 Å². The molecule has 0 radical (unpaired) electrons. The first kappa shape index (κ1) is 16.8. The van der Waals surface area contributed by atoms with E-state index in [1.54, 1.807) is 0 Å². The van der Waals surface area contributed by atoms with E-state index < -0.39 is 0 Å². The zero-order chi connectivity index (χ0) is 19.3. The molecule has 0 fully saturated rings. The van der Waals surface area contributed by atoms with Crippen molar-refractivity contribution in [3.63, 3.8) is 0 Å². The predicted octanol–water partition coefficient (Wildman–Crippen LogP) is 6.79. The van der Waals surface area contributed by atoms with Gasteiger partial charge in [-0.25, -0.2) is 0 Å². The van der Waals surface area contributed by atoms with Gasteiger partial charge in [-0.2, -0.15) is 0 Å². The SMILES string of the molecule is Cc1ccc(-c2cc3c(c(-c4ccc(C)cc4)c2N)Cc2ccccc2-3)cc1. The molecule has 0 bridgehead atoms. The van der Waals surface area contributed by atoms with E-state index in [1.165, 1.54) is 50.1 Å². The highest BCUT2D eigenvalue weighted by atomic mass is 14.6. The average molecular weight is 361 g/mol. The number of fused-ring (bicyclic) bond motifs is 3. The fourth-order valence-corrected chi connectivity index (χ4v) is 4.31. The number of nitrogen functional groups attached to an aromatic ring is 1. The van der Waals surface area contributed by atoms with E-state index in [1.807, 2.05) is 0 Å². The van der Waals surface area contributed by atoms with Crippen molar-refractivity contribution in [3.05, 3.63) is 101 Å². The molecule has 1 nitrogen and oxygen atoms in total. The summed E-state index contributed by atoms with van der Waals surface area (Å²) in [7, 11) is 0. The summed E-state index contributed by atoms with van der Waals surface area (Å²) in [6.07, 6.45) is 0.938. The van der Waals surface area contributed by atoms with Crippen LogP contribution in [0.4, 0.5) is 5.69 Å². The number of nitrogens with two attached hydrogens (primary N) is 1. The molecule has 28 heavy (non-hydrogen) atoms. The average Bonchev–Trinajstić information content (AvgIpc) is 3.07. The monoisotopic (exact) mass is 361 g/mol. The summed E-state index contributed by atoms with van der Waals surface area (Å²) in [5, 5.41) is 0. The van der Waals surface area contributed by atoms with Crippen molar-refractivity contribution < 1.29 is 0 Å². The minimum absolute atomic E-state index is 0.874. The molecule has 0 amide bonds. The summed E-state index contributed by atoms with van der Waals surface area (Å²) in [6, 6.07) is 28.4. The molecule has 0 atom stereocenters. The lowest BCUT2D eigenvalue weighted by Gasteiger charge is -2.18. The molecule has 0 aliphatic heterocycles. The van der Waals surface area contributed by atoms with Crippen molar-refractivity contribution in [2.24, 2.45) is 0 Å². The van der Waals surface area contributed by atoms with Gasteiger partial charge in [0, 0.05) is 16.8 Å². The highest BCUT2D eigenvalue weighted by molar-refractivity contribution is 5.98. The molecule has 1 aliphatic rings. The topological polar surface area (TPSA) is 26.0 Å². The summed E-state index contributed by atoms with van der Waals surface area (Å²) >= 11 is 0. The fraction of sp³-hybridized carbons (Fsp3) is 0.111. The van der Waals surface area contributed by atoms with Gasteiger partial charge in [0.15, 0.2) is 0 Å². The third-order valence-electron chi connectivity index (χ3n) is 5.85. The molecule has 0 spiro atoms. The van der Waals surface area contributed by atoms with Gasteiger partial charge in [-0.05, 0) is 59.7 Å². The van der Waals surface area contributed by atoms with Gasteiger partial charge in [0.2, 0.25) is 0 Å².